The Morgan fingerprint density at radius 2 is 1.63 bits per heavy atom. The standard InChI is InChI=1S/C23H28N4O3/c1-18-6-5-9-20(14-18)23(30)25-16-22(29)27-12-10-26(11-13-27)17-21(28)24-15-19-7-3-2-4-8-19/h2-9,14H,10-13,15-17H2,1H3,(H,24,28)(H,25,30). The highest BCUT2D eigenvalue weighted by Crippen LogP contribution is 2.05. The SMILES string of the molecule is Cc1cccc(C(=O)NCC(=O)N2CCN(CC(=O)NCc3ccccc3)CC2)c1. The highest BCUT2D eigenvalue weighted by atomic mass is 16.2. The van der Waals surface area contributed by atoms with Crippen molar-refractivity contribution < 1.29 is 14.4 Å². The number of hydrogen-bond acceptors (Lipinski definition) is 4. The fourth-order valence-corrected chi connectivity index (χ4v) is 3.37. The van der Waals surface area contributed by atoms with E-state index in [1.165, 1.54) is 0 Å². The van der Waals surface area contributed by atoms with Gasteiger partial charge in [-0.05, 0) is 24.6 Å². The highest BCUT2D eigenvalue weighted by molar-refractivity contribution is 5.96. The van der Waals surface area contributed by atoms with Gasteiger partial charge in [0.25, 0.3) is 5.91 Å². The summed E-state index contributed by atoms with van der Waals surface area (Å²) in [4.78, 5) is 40.5. The molecule has 1 saturated heterocycles. The molecule has 2 aromatic carbocycles. The van der Waals surface area contributed by atoms with Gasteiger partial charge in [0.1, 0.15) is 0 Å². The molecule has 2 N–H and O–H groups in total. The van der Waals surface area contributed by atoms with Crippen molar-refractivity contribution in [1.29, 1.82) is 0 Å². The Hall–Kier alpha value is -3.19. The van der Waals surface area contributed by atoms with Crippen LogP contribution in [0.25, 0.3) is 0 Å². The molecule has 1 aliphatic heterocycles. The van der Waals surface area contributed by atoms with Gasteiger partial charge in [0.05, 0.1) is 13.1 Å². The largest absolute Gasteiger partial charge is 0.351 e. The molecular formula is C23H28N4O3. The molecule has 3 amide bonds. The van der Waals surface area contributed by atoms with Gasteiger partial charge in [-0.3, -0.25) is 19.3 Å². The lowest BCUT2D eigenvalue weighted by molar-refractivity contribution is -0.132. The number of rotatable bonds is 7. The van der Waals surface area contributed by atoms with Crippen LogP contribution in [0.3, 0.4) is 0 Å². The zero-order valence-corrected chi connectivity index (χ0v) is 17.3. The van der Waals surface area contributed by atoms with E-state index in [1.807, 2.05) is 54.3 Å². The molecule has 0 aliphatic carbocycles. The average molecular weight is 409 g/mol. The number of carbonyl (C=O) groups excluding carboxylic acids is 3. The predicted molar refractivity (Wildman–Crippen MR) is 115 cm³/mol. The average Bonchev–Trinajstić information content (AvgIpc) is 2.77. The minimum absolute atomic E-state index is 0.0235. The number of hydrogen-bond donors (Lipinski definition) is 2. The van der Waals surface area contributed by atoms with E-state index in [2.05, 4.69) is 10.6 Å². The van der Waals surface area contributed by atoms with Crippen LogP contribution >= 0.6 is 0 Å². The van der Waals surface area contributed by atoms with E-state index in [-0.39, 0.29) is 24.3 Å². The molecule has 7 heteroatoms. The normalized spacial score (nSPS) is 14.2. The first-order valence-electron chi connectivity index (χ1n) is 10.2. The Labute approximate surface area is 177 Å². The Balaban J connectivity index is 1.35. The number of carbonyl (C=O) groups is 3. The molecule has 7 nitrogen and oxygen atoms in total. The van der Waals surface area contributed by atoms with Gasteiger partial charge in [0.2, 0.25) is 11.8 Å². The Kier molecular flexibility index (Phi) is 7.57. The fourth-order valence-electron chi connectivity index (χ4n) is 3.37. The van der Waals surface area contributed by atoms with Gasteiger partial charge in [-0.2, -0.15) is 0 Å². The number of nitrogens with zero attached hydrogens (tertiary/aromatic N) is 2. The number of amides is 3. The molecule has 0 aromatic heterocycles. The highest BCUT2D eigenvalue weighted by Gasteiger charge is 2.22. The van der Waals surface area contributed by atoms with Gasteiger partial charge in [-0.25, -0.2) is 0 Å². The molecule has 0 unspecified atom stereocenters. The first-order valence-corrected chi connectivity index (χ1v) is 10.2. The first kappa shape index (κ1) is 21.5. The summed E-state index contributed by atoms with van der Waals surface area (Å²) >= 11 is 0. The fraction of sp³-hybridized carbons (Fsp3) is 0.348. The van der Waals surface area contributed by atoms with Crippen molar-refractivity contribution >= 4 is 17.7 Å². The minimum atomic E-state index is -0.249. The summed E-state index contributed by atoms with van der Waals surface area (Å²) in [5.74, 6) is -0.381. The summed E-state index contributed by atoms with van der Waals surface area (Å²) in [6, 6.07) is 17.0. The van der Waals surface area contributed by atoms with E-state index in [4.69, 9.17) is 0 Å². The first-order chi connectivity index (χ1) is 14.5. The quantitative estimate of drug-likeness (QED) is 0.721. The maximum Gasteiger partial charge on any atom is 0.251 e. The molecule has 1 aliphatic rings. The van der Waals surface area contributed by atoms with Crippen molar-refractivity contribution in [2.24, 2.45) is 0 Å². The number of aryl methyl sites for hydroxylation is 1. The Morgan fingerprint density at radius 3 is 2.33 bits per heavy atom. The lowest BCUT2D eigenvalue weighted by Crippen LogP contribution is -2.52. The van der Waals surface area contributed by atoms with Crippen LogP contribution in [0.2, 0.25) is 0 Å². The molecule has 0 spiro atoms. The maximum absolute atomic E-state index is 12.4. The summed E-state index contributed by atoms with van der Waals surface area (Å²) in [5, 5.41) is 5.61. The topological polar surface area (TPSA) is 81.8 Å². The molecule has 2 aromatic rings. The Morgan fingerprint density at radius 1 is 0.900 bits per heavy atom. The van der Waals surface area contributed by atoms with Gasteiger partial charge < -0.3 is 15.5 Å². The van der Waals surface area contributed by atoms with E-state index >= 15 is 0 Å². The van der Waals surface area contributed by atoms with Gasteiger partial charge >= 0.3 is 0 Å². The summed E-state index contributed by atoms with van der Waals surface area (Å²) < 4.78 is 0. The number of benzene rings is 2. The third kappa shape index (κ3) is 6.42. The van der Waals surface area contributed by atoms with Crippen molar-refractivity contribution in [2.45, 2.75) is 13.5 Å². The van der Waals surface area contributed by atoms with Gasteiger partial charge in [-0.15, -0.1) is 0 Å². The van der Waals surface area contributed by atoms with Crippen LogP contribution in [-0.2, 0) is 16.1 Å². The van der Waals surface area contributed by atoms with Gasteiger partial charge in [-0.1, -0.05) is 48.0 Å². The zero-order valence-electron chi connectivity index (χ0n) is 17.3. The smallest absolute Gasteiger partial charge is 0.251 e. The van der Waals surface area contributed by atoms with Crippen LogP contribution in [0, 0.1) is 6.92 Å². The van der Waals surface area contributed by atoms with Crippen LogP contribution in [0.5, 0.6) is 0 Å². The van der Waals surface area contributed by atoms with Crippen LogP contribution < -0.4 is 10.6 Å². The van der Waals surface area contributed by atoms with E-state index in [0.717, 1.165) is 11.1 Å². The second-order valence-corrected chi connectivity index (χ2v) is 7.47. The lowest BCUT2D eigenvalue weighted by Gasteiger charge is -2.34. The van der Waals surface area contributed by atoms with Gasteiger partial charge in [0, 0.05) is 38.3 Å². The summed E-state index contributed by atoms with van der Waals surface area (Å²) in [6.45, 7) is 5.09. The summed E-state index contributed by atoms with van der Waals surface area (Å²) in [5.41, 5.74) is 2.61. The van der Waals surface area contributed by atoms with Crippen molar-refractivity contribution in [2.75, 3.05) is 39.3 Å². The number of nitrogens with one attached hydrogen (secondary N) is 2. The lowest BCUT2D eigenvalue weighted by atomic mass is 10.1. The zero-order chi connectivity index (χ0) is 21.3. The molecular weight excluding hydrogens is 380 g/mol. The molecule has 0 saturated carbocycles. The van der Waals surface area contributed by atoms with E-state index in [0.29, 0.717) is 44.8 Å². The molecule has 158 valence electrons. The predicted octanol–water partition coefficient (Wildman–Crippen LogP) is 1.19. The van der Waals surface area contributed by atoms with Crippen LogP contribution in [-0.4, -0.2) is 66.8 Å². The van der Waals surface area contributed by atoms with Crippen LogP contribution in [0.4, 0.5) is 0 Å². The summed E-state index contributed by atoms with van der Waals surface area (Å²) in [6.07, 6.45) is 0. The van der Waals surface area contributed by atoms with Crippen molar-refractivity contribution in [1.82, 2.24) is 20.4 Å². The second kappa shape index (κ2) is 10.5. The third-order valence-corrected chi connectivity index (χ3v) is 5.11. The Bertz CT molecular complexity index is 877. The monoisotopic (exact) mass is 408 g/mol. The molecule has 3 rings (SSSR count). The third-order valence-electron chi connectivity index (χ3n) is 5.11. The molecule has 0 radical (unpaired) electrons. The molecule has 0 bridgehead atoms. The van der Waals surface area contributed by atoms with Gasteiger partial charge in [0.15, 0.2) is 0 Å². The molecule has 0 atom stereocenters. The second-order valence-electron chi connectivity index (χ2n) is 7.47. The van der Waals surface area contributed by atoms with Crippen LogP contribution in [0.1, 0.15) is 21.5 Å². The van der Waals surface area contributed by atoms with Crippen molar-refractivity contribution in [3.8, 4) is 0 Å². The summed E-state index contributed by atoms with van der Waals surface area (Å²) in [7, 11) is 0. The molecule has 1 fully saturated rings. The minimum Gasteiger partial charge on any atom is -0.351 e. The van der Waals surface area contributed by atoms with E-state index < -0.39 is 0 Å². The molecule has 1 heterocycles. The van der Waals surface area contributed by atoms with Crippen molar-refractivity contribution in [3.63, 3.8) is 0 Å². The van der Waals surface area contributed by atoms with E-state index in [1.54, 1.807) is 17.0 Å². The maximum atomic E-state index is 12.4. The number of piperazine rings is 1. The molecule has 30 heavy (non-hydrogen) atoms. The van der Waals surface area contributed by atoms with Crippen molar-refractivity contribution in [3.05, 3.63) is 71.3 Å². The van der Waals surface area contributed by atoms with E-state index in [9.17, 15) is 14.4 Å². The van der Waals surface area contributed by atoms with Crippen LogP contribution in [0.15, 0.2) is 54.6 Å².